The molecule has 3 amide bonds. The monoisotopic (exact) mass is 568 g/mol. The highest BCUT2D eigenvalue weighted by Crippen LogP contribution is 2.29. The van der Waals surface area contributed by atoms with E-state index in [0.717, 1.165) is 19.3 Å². The first-order valence-corrected chi connectivity index (χ1v) is 15.2. The topological polar surface area (TPSA) is 91.4 Å². The second kappa shape index (κ2) is 16.7. The smallest absolute Gasteiger partial charge is 0.245 e. The van der Waals surface area contributed by atoms with E-state index in [1.54, 1.807) is 26.2 Å². The van der Waals surface area contributed by atoms with Gasteiger partial charge in [-0.2, -0.15) is 0 Å². The molecule has 1 saturated heterocycles. The molecule has 1 N–H and O–H groups in total. The fourth-order valence-corrected chi connectivity index (χ4v) is 6.44. The summed E-state index contributed by atoms with van der Waals surface area (Å²) < 4.78 is 11.8. The fraction of sp³-hybridized carbons (Fsp3) is 0.903. The highest BCUT2D eigenvalue weighted by atomic mass is 16.5. The zero-order chi connectivity index (χ0) is 30.9. The molecule has 9 heteroatoms. The molecule has 40 heavy (non-hydrogen) atoms. The van der Waals surface area contributed by atoms with Gasteiger partial charge in [0.05, 0.1) is 36.8 Å². The third-order valence-electron chi connectivity index (χ3n) is 8.70. The summed E-state index contributed by atoms with van der Waals surface area (Å²) in [7, 11) is 8.87. The van der Waals surface area contributed by atoms with Crippen LogP contribution in [-0.4, -0.2) is 111 Å². The Bertz CT molecular complexity index is 795. The van der Waals surface area contributed by atoms with Crippen molar-refractivity contribution in [3.8, 4) is 0 Å². The van der Waals surface area contributed by atoms with E-state index < -0.39 is 12.1 Å². The van der Waals surface area contributed by atoms with Crippen LogP contribution in [0.3, 0.4) is 0 Å². The number of amides is 3. The van der Waals surface area contributed by atoms with Crippen molar-refractivity contribution < 1.29 is 23.9 Å². The van der Waals surface area contributed by atoms with Crippen LogP contribution in [0, 0.1) is 23.7 Å². The normalized spacial score (nSPS) is 20.5. The molecule has 0 spiro atoms. The maximum absolute atomic E-state index is 14.0. The summed E-state index contributed by atoms with van der Waals surface area (Å²) in [5, 5.41) is 3.05. The van der Waals surface area contributed by atoms with Gasteiger partial charge in [-0.3, -0.25) is 19.3 Å². The molecule has 0 aliphatic carbocycles. The van der Waals surface area contributed by atoms with Crippen LogP contribution >= 0.6 is 0 Å². The molecule has 234 valence electrons. The number of carbonyl (C=O) groups excluding carboxylic acids is 3. The Kier molecular flexibility index (Phi) is 15.1. The number of hydrogen-bond acceptors (Lipinski definition) is 6. The summed E-state index contributed by atoms with van der Waals surface area (Å²) >= 11 is 0. The molecule has 0 bridgehead atoms. The average molecular weight is 569 g/mol. The molecule has 9 nitrogen and oxygen atoms in total. The summed E-state index contributed by atoms with van der Waals surface area (Å²) in [6.45, 7) is 17.0. The summed E-state index contributed by atoms with van der Waals surface area (Å²) in [5.74, 6) is 0.0725. The van der Waals surface area contributed by atoms with Gasteiger partial charge in [-0.15, -0.1) is 0 Å². The molecule has 4 unspecified atom stereocenters. The maximum atomic E-state index is 14.0. The van der Waals surface area contributed by atoms with E-state index in [4.69, 9.17) is 9.47 Å². The van der Waals surface area contributed by atoms with E-state index in [-0.39, 0.29) is 66.1 Å². The zero-order valence-corrected chi connectivity index (χ0v) is 27.7. The summed E-state index contributed by atoms with van der Waals surface area (Å²) in [6.07, 6.45) is 2.38. The number of carbonyl (C=O) groups is 3. The molecule has 0 saturated carbocycles. The molecule has 0 aromatic carbocycles. The highest BCUT2D eigenvalue weighted by Gasteiger charge is 2.41. The molecule has 1 fully saturated rings. The van der Waals surface area contributed by atoms with Crippen LogP contribution in [0.4, 0.5) is 0 Å². The molecule has 1 heterocycles. The molecule has 0 aromatic heterocycles. The third kappa shape index (κ3) is 9.15. The van der Waals surface area contributed by atoms with Crippen molar-refractivity contribution in [2.45, 2.75) is 117 Å². The van der Waals surface area contributed by atoms with Gasteiger partial charge in [0, 0.05) is 27.8 Å². The number of likely N-dealkylation sites (N-methyl/N-ethyl adjacent to an activating group) is 2. The van der Waals surface area contributed by atoms with E-state index in [1.807, 2.05) is 51.6 Å². The maximum Gasteiger partial charge on any atom is 0.245 e. The van der Waals surface area contributed by atoms with Crippen LogP contribution < -0.4 is 5.32 Å². The largest absolute Gasteiger partial charge is 0.379 e. The highest BCUT2D eigenvalue weighted by molar-refractivity contribution is 5.90. The molecular formula is C31H60N4O5. The second-order valence-corrected chi connectivity index (χ2v) is 12.9. The van der Waals surface area contributed by atoms with Crippen LogP contribution in [0.25, 0.3) is 0 Å². The summed E-state index contributed by atoms with van der Waals surface area (Å²) in [5.41, 5.74) is 0. The first-order valence-electron chi connectivity index (χ1n) is 15.2. The van der Waals surface area contributed by atoms with Crippen molar-refractivity contribution in [3.05, 3.63) is 0 Å². The van der Waals surface area contributed by atoms with E-state index in [2.05, 4.69) is 33.0 Å². The second-order valence-electron chi connectivity index (χ2n) is 12.9. The van der Waals surface area contributed by atoms with E-state index >= 15 is 0 Å². The van der Waals surface area contributed by atoms with Gasteiger partial charge in [0.25, 0.3) is 0 Å². The standard InChI is InChI=1S/C31H60N4O5/c1-14-22(8)28(24(39-12)18-25(36)35-17-15-16-23(35)29(40-13)21(6)7)34(11)31(38)26(19(2)3)32-30(37)27(20(4)5)33(9)10/h19-24,26-29H,14-18H2,1-13H3,(H,32,37)/t22?,23?,24?,26-,27-,28-,29?/m0/s1. The van der Waals surface area contributed by atoms with Crippen molar-refractivity contribution in [1.29, 1.82) is 0 Å². The van der Waals surface area contributed by atoms with Crippen molar-refractivity contribution in [2.75, 3.05) is 41.9 Å². The van der Waals surface area contributed by atoms with Gasteiger partial charge in [-0.25, -0.2) is 0 Å². The lowest BCUT2D eigenvalue weighted by Crippen LogP contribution is -2.59. The third-order valence-corrected chi connectivity index (χ3v) is 8.70. The molecule has 1 rings (SSSR count). The minimum absolute atomic E-state index is 0.0192. The van der Waals surface area contributed by atoms with Crippen LogP contribution in [0.1, 0.15) is 81.1 Å². The lowest BCUT2D eigenvalue weighted by atomic mass is 9.89. The van der Waals surface area contributed by atoms with E-state index in [9.17, 15) is 14.4 Å². The van der Waals surface area contributed by atoms with Crippen molar-refractivity contribution >= 4 is 17.7 Å². The van der Waals surface area contributed by atoms with Crippen LogP contribution in [0.2, 0.25) is 0 Å². The number of nitrogens with zero attached hydrogens (tertiary/aromatic N) is 3. The zero-order valence-electron chi connectivity index (χ0n) is 27.7. The van der Waals surface area contributed by atoms with Crippen molar-refractivity contribution in [3.63, 3.8) is 0 Å². The van der Waals surface area contributed by atoms with Crippen LogP contribution in [-0.2, 0) is 23.9 Å². The summed E-state index contributed by atoms with van der Waals surface area (Å²) in [4.78, 5) is 46.5. The Morgan fingerprint density at radius 2 is 1.52 bits per heavy atom. The summed E-state index contributed by atoms with van der Waals surface area (Å²) in [6, 6.07) is -1.31. The van der Waals surface area contributed by atoms with Gasteiger partial charge < -0.3 is 24.6 Å². The Morgan fingerprint density at radius 1 is 0.925 bits per heavy atom. The SMILES string of the molecule is CCC(C)[C@@H](C(CC(=O)N1CCCC1C(OC)C(C)C)OC)N(C)C(=O)[C@@H](NC(=O)[C@H](C(C)C)N(C)C)C(C)C. The van der Waals surface area contributed by atoms with Crippen molar-refractivity contribution in [1.82, 2.24) is 20.0 Å². The van der Waals surface area contributed by atoms with Gasteiger partial charge in [0.1, 0.15) is 6.04 Å². The molecular weight excluding hydrogens is 508 g/mol. The lowest BCUT2D eigenvalue weighted by Gasteiger charge is -2.41. The molecule has 1 aliphatic rings. The lowest BCUT2D eigenvalue weighted by molar-refractivity contribution is -0.147. The van der Waals surface area contributed by atoms with Crippen molar-refractivity contribution in [2.24, 2.45) is 23.7 Å². The first-order chi connectivity index (χ1) is 18.6. The number of rotatable bonds is 16. The number of likely N-dealkylation sites (tertiary alicyclic amines) is 1. The Labute approximate surface area is 244 Å². The van der Waals surface area contributed by atoms with E-state index in [0.29, 0.717) is 12.5 Å². The average Bonchev–Trinajstić information content (AvgIpc) is 3.35. The number of nitrogens with one attached hydrogen (secondary N) is 1. The molecule has 0 aromatic rings. The van der Waals surface area contributed by atoms with Crippen LogP contribution in [0.15, 0.2) is 0 Å². The van der Waals surface area contributed by atoms with Gasteiger partial charge in [0.2, 0.25) is 17.7 Å². The Balaban J connectivity index is 3.23. The Hall–Kier alpha value is -1.71. The van der Waals surface area contributed by atoms with Gasteiger partial charge in [0.15, 0.2) is 0 Å². The molecule has 1 aliphatic heterocycles. The predicted molar refractivity (Wildman–Crippen MR) is 161 cm³/mol. The predicted octanol–water partition coefficient (Wildman–Crippen LogP) is 3.65. The molecule has 7 atom stereocenters. The number of methoxy groups -OCH3 is 2. The van der Waals surface area contributed by atoms with Gasteiger partial charge >= 0.3 is 0 Å². The van der Waals surface area contributed by atoms with Crippen LogP contribution in [0.5, 0.6) is 0 Å². The quantitative estimate of drug-likeness (QED) is 0.306. The van der Waals surface area contributed by atoms with Gasteiger partial charge in [-0.1, -0.05) is 61.8 Å². The molecule has 0 radical (unpaired) electrons. The minimum Gasteiger partial charge on any atom is -0.379 e. The number of ether oxygens (including phenoxy) is 2. The first kappa shape index (κ1) is 36.3. The minimum atomic E-state index is -0.685. The van der Waals surface area contributed by atoms with E-state index in [1.165, 1.54) is 0 Å². The fourth-order valence-electron chi connectivity index (χ4n) is 6.44. The van der Waals surface area contributed by atoms with Gasteiger partial charge in [-0.05, 0) is 50.6 Å². The number of hydrogen-bond donors (Lipinski definition) is 1. The Morgan fingerprint density at radius 3 is 1.95 bits per heavy atom.